The summed E-state index contributed by atoms with van der Waals surface area (Å²) in [5.74, 6) is 1.06. The predicted molar refractivity (Wildman–Crippen MR) is 73.5 cm³/mol. The fraction of sp³-hybridized carbons (Fsp3) is 0.500. The highest BCUT2D eigenvalue weighted by Gasteiger charge is 2.08. The van der Waals surface area contributed by atoms with E-state index in [-0.39, 0.29) is 0 Å². The number of nitrogens with one attached hydrogen (secondary N) is 1. The molecule has 4 nitrogen and oxygen atoms in total. The lowest BCUT2D eigenvalue weighted by atomic mass is 10.3. The van der Waals surface area contributed by atoms with Gasteiger partial charge in [0.2, 0.25) is 0 Å². The van der Waals surface area contributed by atoms with Crippen molar-refractivity contribution >= 4 is 11.0 Å². The van der Waals surface area contributed by atoms with Gasteiger partial charge in [-0.05, 0) is 26.0 Å². The molecule has 1 aromatic heterocycles. The fourth-order valence-corrected chi connectivity index (χ4v) is 1.97. The number of fused-ring (bicyclic) bond motifs is 1. The van der Waals surface area contributed by atoms with Gasteiger partial charge in [-0.2, -0.15) is 0 Å². The number of imidazole rings is 1. The van der Waals surface area contributed by atoms with Gasteiger partial charge in [0.15, 0.2) is 0 Å². The fourth-order valence-electron chi connectivity index (χ4n) is 1.97. The van der Waals surface area contributed by atoms with E-state index in [0.717, 1.165) is 31.1 Å². The van der Waals surface area contributed by atoms with E-state index in [0.29, 0.717) is 6.04 Å². The maximum absolute atomic E-state index is 5.38. The van der Waals surface area contributed by atoms with Crippen LogP contribution in [0.25, 0.3) is 11.0 Å². The quantitative estimate of drug-likeness (QED) is 0.849. The normalized spacial score (nSPS) is 13.1. The van der Waals surface area contributed by atoms with E-state index >= 15 is 0 Å². The molecule has 0 bridgehead atoms. The van der Waals surface area contributed by atoms with Crippen molar-refractivity contribution in [2.75, 3.05) is 13.2 Å². The van der Waals surface area contributed by atoms with E-state index in [2.05, 4.69) is 34.9 Å². The Labute approximate surface area is 108 Å². The molecule has 1 atom stereocenters. The summed E-state index contributed by atoms with van der Waals surface area (Å²) in [7, 11) is 2.06. The second kappa shape index (κ2) is 5.98. The number of ether oxygens (including phenoxy) is 1. The number of rotatable bonds is 6. The molecule has 18 heavy (non-hydrogen) atoms. The zero-order valence-electron chi connectivity index (χ0n) is 11.3. The molecule has 1 N–H and O–H groups in total. The van der Waals surface area contributed by atoms with Crippen LogP contribution in [0.3, 0.4) is 0 Å². The summed E-state index contributed by atoms with van der Waals surface area (Å²) in [6.45, 7) is 6.40. The monoisotopic (exact) mass is 247 g/mol. The first-order chi connectivity index (χ1) is 8.72. The average Bonchev–Trinajstić information content (AvgIpc) is 2.71. The molecule has 0 aliphatic rings. The van der Waals surface area contributed by atoms with Gasteiger partial charge in [-0.1, -0.05) is 12.1 Å². The average molecular weight is 247 g/mol. The highest BCUT2D eigenvalue weighted by atomic mass is 16.5. The Hall–Kier alpha value is -1.39. The molecule has 2 aromatic rings. The van der Waals surface area contributed by atoms with E-state index in [9.17, 15) is 0 Å². The zero-order chi connectivity index (χ0) is 13.0. The summed E-state index contributed by atoms with van der Waals surface area (Å²) in [5, 5.41) is 3.43. The molecule has 0 saturated carbocycles. The van der Waals surface area contributed by atoms with Crippen LogP contribution in [-0.4, -0.2) is 28.8 Å². The second-order valence-corrected chi connectivity index (χ2v) is 4.52. The maximum Gasteiger partial charge on any atom is 0.123 e. The van der Waals surface area contributed by atoms with Crippen LogP contribution < -0.4 is 5.32 Å². The maximum atomic E-state index is 5.38. The smallest absolute Gasteiger partial charge is 0.123 e. The molecule has 0 amide bonds. The van der Waals surface area contributed by atoms with Crippen molar-refractivity contribution in [2.45, 2.75) is 26.4 Å². The number of nitrogens with zero attached hydrogens (tertiary/aromatic N) is 2. The molecule has 0 aliphatic carbocycles. The molecule has 0 saturated heterocycles. The van der Waals surface area contributed by atoms with Gasteiger partial charge in [-0.25, -0.2) is 4.98 Å². The third-order valence-corrected chi connectivity index (χ3v) is 3.06. The van der Waals surface area contributed by atoms with E-state index in [1.807, 2.05) is 25.1 Å². The van der Waals surface area contributed by atoms with Crippen molar-refractivity contribution in [3.8, 4) is 0 Å². The Morgan fingerprint density at radius 1 is 1.39 bits per heavy atom. The lowest BCUT2D eigenvalue weighted by Crippen LogP contribution is -2.31. The van der Waals surface area contributed by atoms with Gasteiger partial charge < -0.3 is 14.6 Å². The van der Waals surface area contributed by atoms with E-state index in [4.69, 9.17) is 4.74 Å². The minimum absolute atomic E-state index is 0.338. The van der Waals surface area contributed by atoms with Crippen molar-refractivity contribution in [1.82, 2.24) is 14.9 Å². The van der Waals surface area contributed by atoms with Gasteiger partial charge in [-0.15, -0.1) is 0 Å². The predicted octanol–water partition coefficient (Wildman–Crippen LogP) is 2.09. The van der Waals surface area contributed by atoms with Crippen molar-refractivity contribution in [2.24, 2.45) is 7.05 Å². The number of benzene rings is 1. The summed E-state index contributed by atoms with van der Waals surface area (Å²) >= 11 is 0. The Morgan fingerprint density at radius 3 is 2.89 bits per heavy atom. The zero-order valence-corrected chi connectivity index (χ0v) is 11.3. The summed E-state index contributed by atoms with van der Waals surface area (Å²) in [6.07, 6.45) is 0. The van der Waals surface area contributed by atoms with Crippen LogP contribution in [0.5, 0.6) is 0 Å². The number of aromatic nitrogens is 2. The molecule has 1 heterocycles. The van der Waals surface area contributed by atoms with Gasteiger partial charge in [0.1, 0.15) is 5.82 Å². The third-order valence-electron chi connectivity index (χ3n) is 3.06. The first-order valence-corrected chi connectivity index (χ1v) is 6.43. The van der Waals surface area contributed by atoms with Gasteiger partial charge in [0.05, 0.1) is 24.2 Å². The Balaban J connectivity index is 2.01. The number of hydrogen-bond acceptors (Lipinski definition) is 3. The summed E-state index contributed by atoms with van der Waals surface area (Å²) in [6, 6.07) is 8.53. The lowest BCUT2D eigenvalue weighted by molar-refractivity contribution is 0.126. The minimum atomic E-state index is 0.338. The van der Waals surface area contributed by atoms with Crippen molar-refractivity contribution in [3.63, 3.8) is 0 Å². The molecule has 1 aromatic carbocycles. The van der Waals surface area contributed by atoms with E-state index in [1.165, 1.54) is 5.52 Å². The van der Waals surface area contributed by atoms with Gasteiger partial charge in [0, 0.05) is 19.7 Å². The standard InChI is InChI=1S/C14H21N3O/c1-4-18-10-11(2)15-9-14-16-12-7-5-6-8-13(12)17(14)3/h5-8,11,15H,4,9-10H2,1-3H3. The minimum Gasteiger partial charge on any atom is -0.380 e. The SMILES string of the molecule is CCOCC(C)NCc1nc2ccccc2n1C. The van der Waals surface area contributed by atoms with Gasteiger partial charge in [0.25, 0.3) is 0 Å². The van der Waals surface area contributed by atoms with Crippen LogP contribution in [0.15, 0.2) is 24.3 Å². The third kappa shape index (κ3) is 2.89. The van der Waals surface area contributed by atoms with Crippen LogP contribution in [0.2, 0.25) is 0 Å². The molecule has 0 aliphatic heterocycles. The molecule has 1 unspecified atom stereocenters. The molecular formula is C14H21N3O. The van der Waals surface area contributed by atoms with Crippen molar-refractivity contribution < 1.29 is 4.74 Å². The molecule has 2 rings (SSSR count). The highest BCUT2D eigenvalue weighted by Crippen LogP contribution is 2.13. The van der Waals surface area contributed by atoms with Crippen LogP contribution in [0.4, 0.5) is 0 Å². The van der Waals surface area contributed by atoms with Crippen LogP contribution in [0, 0.1) is 0 Å². The van der Waals surface area contributed by atoms with Crippen molar-refractivity contribution in [3.05, 3.63) is 30.1 Å². The molecule has 4 heteroatoms. The molecule has 98 valence electrons. The Kier molecular flexibility index (Phi) is 4.33. The van der Waals surface area contributed by atoms with Crippen molar-refractivity contribution in [1.29, 1.82) is 0 Å². The Morgan fingerprint density at radius 2 is 2.17 bits per heavy atom. The van der Waals surface area contributed by atoms with E-state index in [1.54, 1.807) is 0 Å². The largest absolute Gasteiger partial charge is 0.380 e. The lowest BCUT2D eigenvalue weighted by Gasteiger charge is -2.13. The topological polar surface area (TPSA) is 39.1 Å². The van der Waals surface area contributed by atoms with Gasteiger partial charge >= 0.3 is 0 Å². The summed E-state index contributed by atoms with van der Waals surface area (Å²) < 4.78 is 7.52. The van der Waals surface area contributed by atoms with Crippen LogP contribution in [0.1, 0.15) is 19.7 Å². The number of hydrogen-bond donors (Lipinski definition) is 1. The molecule has 0 spiro atoms. The summed E-state index contributed by atoms with van der Waals surface area (Å²) in [5.41, 5.74) is 2.22. The van der Waals surface area contributed by atoms with E-state index < -0.39 is 0 Å². The molecule has 0 radical (unpaired) electrons. The summed E-state index contributed by atoms with van der Waals surface area (Å²) in [4.78, 5) is 4.62. The molecule has 0 fully saturated rings. The first-order valence-electron chi connectivity index (χ1n) is 6.43. The number of para-hydroxylation sites is 2. The van der Waals surface area contributed by atoms with Gasteiger partial charge in [-0.3, -0.25) is 0 Å². The second-order valence-electron chi connectivity index (χ2n) is 4.52. The number of aryl methyl sites for hydroxylation is 1. The Bertz CT molecular complexity index is 507. The van der Waals surface area contributed by atoms with Crippen LogP contribution in [-0.2, 0) is 18.3 Å². The highest BCUT2D eigenvalue weighted by molar-refractivity contribution is 5.75. The first kappa shape index (κ1) is 13.1. The van der Waals surface area contributed by atoms with Crippen LogP contribution >= 0.6 is 0 Å². The molecular weight excluding hydrogens is 226 g/mol.